The van der Waals surface area contributed by atoms with Crippen LogP contribution in [0, 0.1) is 0 Å². The number of hydrogen-bond acceptors (Lipinski definition) is 8. The number of aromatic nitrogens is 3. The van der Waals surface area contributed by atoms with Crippen LogP contribution in [0.1, 0.15) is 46.6 Å². The third kappa shape index (κ3) is 4.91. The molecule has 2 aromatic heterocycles. The number of carbonyl (C=O) groups excluding carboxylic acids is 1. The third-order valence-electron chi connectivity index (χ3n) is 8.05. The molecule has 4 heterocycles. The molecule has 1 fully saturated rings. The second-order valence-electron chi connectivity index (χ2n) is 11.6. The molecule has 0 radical (unpaired) electrons. The highest BCUT2D eigenvalue weighted by molar-refractivity contribution is 7.98. The van der Waals surface area contributed by atoms with E-state index in [2.05, 4.69) is 57.3 Å². The normalized spacial score (nSPS) is 23.8. The molecular weight excluding hydrogens is 502 g/mol. The van der Waals surface area contributed by atoms with Crippen molar-refractivity contribution in [2.24, 2.45) is 0 Å². The van der Waals surface area contributed by atoms with Crippen molar-refractivity contribution in [2.45, 2.75) is 81.8 Å². The first-order chi connectivity index (χ1) is 17.3. The largest absolute Gasteiger partial charge is 0.447 e. The predicted molar refractivity (Wildman–Crippen MR) is 153 cm³/mol. The van der Waals surface area contributed by atoms with E-state index in [-0.39, 0.29) is 23.2 Å². The van der Waals surface area contributed by atoms with Crippen LogP contribution in [0.2, 0.25) is 18.1 Å². The van der Waals surface area contributed by atoms with Gasteiger partial charge in [-0.3, -0.25) is 4.90 Å². The number of thioether (sulfide) groups is 1. The summed E-state index contributed by atoms with van der Waals surface area (Å²) in [6, 6.07) is 5.62. The number of anilines is 3. The molecule has 1 amide bonds. The minimum atomic E-state index is -2.02. The Labute approximate surface area is 226 Å². The molecular formula is C27H39N5O3SSi. The maximum absolute atomic E-state index is 12.4. The first kappa shape index (κ1) is 27.6. The highest BCUT2D eigenvalue weighted by Crippen LogP contribution is 2.50. The maximum Gasteiger partial charge on any atom is 0.415 e. The van der Waals surface area contributed by atoms with Crippen LogP contribution in [0.4, 0.5) is 22.2 Å². The fourth-order valence-electron chi connectivity index (χ4n) is 4.68. The lowest BCUT2D eigenvalue weighted by molar-refractivity contribution is 0.179. The zero-order chi connectivity index (χ0) is 27.2. The van der Waals surface area contributed by atoms with Crippen molar-refractivity contribution in [2.75, 3.05) is 29.3 Å². The fourth-order valence-corrected chi connectivity index (χ4v) is 6.11. The van der Waals surface area contributed by atoms with Crippen LogP contribution in [-0.4, -0.2) is 60.9 Å². The number of amides is 1. The number of nitrogens with zero attached hydrogens (tertiary/aromatic N) is 5. The van der Waals surface area contributed by atoms with Crippen LogP contribution < -0.4 is 9.80 Å². The van der Waals surface area contributed by atoms with Crippen LogP contribution in [0.25, 0.3) is 0 Å². The van der Waals surface area contributed by atoms with E-state index >= 15 is 0 Å². The number of fused-ring (bicyclic) bond motifs is 1. The Hall–Kier alpha value is -2.43. The van der Waals surface area contributed by atoms with Gasteiger partial charge in [0, 0.05) is 23.8 Å². The summed E-state index contributed by atoms with van der Waals surface area (Å²) in [5, 5.41) is 0.790. The first-order valence-electron chi connectivity index (χ1n) is 12.7. The van der Waals surface area contributed by atoms with Crippen molar-refractivity contribution in [1.82, 2.24) is 15.0 Å². The molecule has 8 nitrogen and oxygen atoms in total. The van der Waals surface area contributed by atoms with E-state index in [9.17, 15) is 4.79 Å². The lowest BCUT2D eigenvalue weighted by Crippen LogP contribution is -2.49. The topological polar surface area (TPSA) is 80.7 Å². The van der Waals surface area contributed by atoms with Crippen molar-refractivity contribution in [3.8, 4) is 0 Å². The van der Waals surface area contributed by atoms with Gasteiger partial charge in [0.05, 0.1) is 12.1 Å². The van der Waals surface area contributed by atoms with Gasteiger partial charge in [0.25, 0.3) is 0 Å². The van der Waals surface area contributed by atoms with Gasteiger partial charge >= 0.3 is 6.09 Å². The van der Waals surface area contributed by atoms with E-state index in [1.54, 1.807) is 4.90 Å². The van der Waals surface area contributed by atoms with E-state index < -0.39 is 13.7 Å². The Kier molecular flexibility index (Phi) is 7.48. The molecule has 0 aliphatic carbocycles. The molecule has 0 unspecified atom stereocenters. The molecule has 2 aliphatic heterocycles. The van der Waals surface area contributed by atoms with Gasteiger partial charge in [0.15, 0.2) is 13.5 Å². The van der Waals surface area contributed by atoms with Gasteiger partial charge in [0.2, 0.25) is 0 Å². The lowest BCUT2D eigenvalue weighted by atomic mass is 9.79. The number of cyclic esters (lactones) is 1. The molecule has 10 heteroatoms. The van der Waals surface area contributed by atoms with Gasteiger partial charge in [-0.25, -0.2) is 19.7 Å². The number of carbonyl (C=O) groups is 1. The highest BCUT2D eigenvalue weighted by atomic mass is 32.2. The fraction of sp³-hybridized carbons (Fsp3) is 0.556. The molecule has 200 valence electrons. The van der Waals surface area contributed by atoms with Crippen molar-refractivity contribution in [1.29, 1.82) is 0 Å². The zero-order valence-corrected chi connectivity index (χ0v) is 25.1. The van der Waals surface area contributed by atoms with Gasteiger partial charge in [-0.2, -0.15) is 0 Å². The van der Waals surface area contributed by atoms with E-state index in [0.29, 0.717) is 30.6 Å². The van der Waals surface area contributed by atoms with Gasteiger partial charge in [-0.1, -0.05) is 51.6 Å². The van der Waals surface area contributed by atoms with Crippen molar-refractivity contribution >= 4 is 43.6 Å². The van der Waals surface area contributed by atoms with Gasteiger partial charge in [0.1, 0.15) is 24.1 Å². The van der Waals surface area contributed by atoms with E-state index in [4.69, 9.17) is 19.1 Å². The number of hydrogen-bond donors (Lipinski definition) is 0. The number of ether oxygens (including phenoxy) is 1. The van der Waals surface area contributed by atoms with E-state index in [1.807, 2.05) is 43.7 Å². The number of rotatable bonds is 8. The Morgan fingerprint density at radius 2 is 1.95 bits per heavy atom. The molecule has 2 aliphatic rings. The minimum Gasteiger partial charge on any atom is -0.447 e. The van der Waals surface area contributed by atoms with Crippen LogP contribution in [-0.2, 0) is 14.6 Å². The van der Waals surface area contributed by atoms with Crippen LogP contribution >= 0.6 is 11.8 Å². The van der Waals surface area contributed by atoms with Crippen LogP contribution in [0.15, 0.2) is 42.2 Å². The molecule has 0 bridgehead atoms. The van der Waals surface area contributed by atoms with Crippen molar-refractivity contribution in [3.05, 3.63) is 42.6 Å². The third-order valence-corrected chi connectivity index (χ3v) is 13.1. The summed E-state index contributed by atoms with van der Waals surface area (Å²) < 4.78 is 12.1. The molecule has 2 aromatic rings. The summed E-state index contributed by atoms with van der Waals surface area (Å²) in [6.45, 7) is 20.5. The SMILES string of the molecule is C=CC[C@H]1N(c2cccc(N3C(=O)OC[C@@H]3C)n2)c2nc(SC)ncc2[C@@]1(C)CO[Si](C)(C)C(C)(C)C. The van der Waals surface area contributed by atoms with Crippen LogP contribution in [0.3, 0.4) is 0 Å². The summed E-state index contributed by atoms with van der Waals surface area (Å²) in [6.07, 6.45) is 6.20. The van der Waals surface area contributed by atoms with E-state index in [0.717, 1.165) is 17.2 Å². The average molecular weight is 542 g/mol. The molecule has 0 saturated carbocycles. The average Bonchev–Trinajstić information content (AvgIpc) is 3.30. The molecule has 0 N–H and O–H groups in total. The van der Waals surface area contributed by atoms with E-state index in [1.165, 1.54) is 11.8 Å². The second-order valence-corrected chi connectivity index (χ2v) is 17.2. The Morgan fingerprint density at radius 1 is 1.27 bits per heavy atom. The molecule has 1 saturated heterocycles. The lowest BCUT2D eigenvalue weighted by Gasteiger charge is -2.41. The standard InChI is InChI=1S/C27H39N5O3SSi/c1-10-12-20-27(6,17-35-37(8,9)26(3,4)5)19-15-28-24(36-7)30-23(19)32(20)22-14-11-13-21(29-22)31-18(2)16-34-25(31)33/h10-11,13-15,18,20H,1,12,16-17H2,2-9H3/t18-,20+,27+/m0/s1. The molecule has 0 aromatic carbocycles. The van der Waals surface area contributed by atoms with Gasteiger partial charge in [-0.05, 0) is 49.9 Å². The second kappa shape index (κ2) is 10.0. The Morgan fingerprint density at radius 3 is 2.51 bits per heavy atom. The molecule has 0 spiro atoms. The van der Waals surface area contributed by atoms with Gasteiger partial charge < -0.3 is 14.1 Å². The minimum absolute atomic E-state index is 0.0399. The first-order valence-corrected chi connectivity index (χ1v) is 16.9. The highest BCUT2D eigenvalue weighted by Gasteiger charge is 2.51. The summed E-state index contributed by atoms with van der Waals surface area (Å²) in [5.74, 6) is 2.12. The molecule has 37 heavy (non-hydrogen) atoms. The number of pyridine rings is 1. The quantitative estimate of drug-likeness (QED) is 0.166. The molecule has 4 rings (SSSR count). The maximum atomic E-state index is 12.4. The predicted octanol–water partition coefficient (Wildman–Crippen LogP) is 6.31. The summed E-state index contributed by atoms with van der Waals surface area (Å²) in [7, 11) is -2.02. The Bertz CT molecular complexity index is 1190. The monoisotopic (exact) mass is 541 g/mol. The van der Waals surface area contributed by atoms with Crippen molar-refractivity contribution < 1.29 is 14.0 Å². The Balaban J connectivity index is 1.82. The summed E-state index contributed by atoms with van der Waals surface area (Å²) in [5.41, 5.74) is 0.644. The summed E-state index contributed by atoms with van der Waals surface area (Å²) >= 11 is 1.51. The summed E-state index contributed by atoms with van der Waals surface area (Å²) in [4.78, 5) is 30.8. The van der Waals surface area contributed by atoms with Crippen molar-refractivity contribution in [3.63, 3.8) is 0 Å². The van der Waals surface area contributed by atoms with Gasteiger partial charge in [-0.15, -0.1) is 6.58 Å². The smallest absolute Gasteiger partial charge is 0.415 e. The molecule has 3 atom stereocenters. The van der Waals surface area contributed by atoms with Crippen LogP contribution in [0.5, 0.6) is 0 Å². The zero-order valence-electron chi connectivity index (χ0n) is 23.2.